The number of carbonyl (C=O) groups is 1. The highest BCUT2D eigenvalue weighted by atomic mass is 16.2. The molecule has 1 aromatic heterocycles. The Bertz CT molecular complexity index is 1180. The lowest BCUT2D eigenvalue weighted by Gasteiger charge is -2.49. The Labute approximate surface area is 194 Å². The first-order valence-corrected chi connectivity index (χ1v) is 11.5. The minimum absolute atomic E-state index is 0.233. The van der Waals surface area contributed by atoms with E-state index in [4.69, 9.17) is 10.4 Å². The predicted octanol–water partition coefficient (Wildman–Crippen LogP) is 3.96. The van der Waals surface area contributed by atoms with Gasteiger partial charge in [0.05, 0.1) is 17.3 Å². The summed E-state index contributed by atoms with van der Waals surface area (Å²) < 4.78 is 2.05. The van der Waals surface area contributed by atoms with E-state index in [1.807, 2.05) is 29.9 Å². The van der Waals surface area contributed by atoms with E-state index in [0.29, 0.717) is 35.7 Å². The van der Waals surface area contributed by atoms with Crippen LogP contribution in [0.3, 0.4) is 0 Å². The normalized spacial score (nSPS) is 23.6. The molecule has 4 heterocycles. The Morgan fingerprint density at radius 1 is 1.18 bits per heavy atom. The molecule has 2 aromatic carbocycles. The average molecular weight is 441 g/mol. The molecule has 3 aliphatic heterocycles. The van der Waals surface area contributed by atoms with Gasteiger partial charge in [0.15, 0.2) is 0 Å². The molecular formula is C26H28N6O. The summed E-state index contributed by atoms with van der Waals surface area (Å²) in [5, 5.41) is 19.7. The monoisotopic (exact) mass is 440 g/mol. The Hall–Kier alpha value is -3.63. The van der Waals surface area contributed by atoms with Crippen molar-refractivity contribution in [2.75, 3.05) is 25.0 Å². The summed E-state index contributed by atoms with van der Waals surface area (Å²) in [4.78, 5) is 14.9. The van der Waals surface area contributed by atoms with Gasteiger partial charge in [0, 0.05) is 49.0 Å². The van der Waals surface area contributed by atoms with E-state index in [9.17, 15) is 4.79 Å². The van der Waals surface area contributed by atoms with Crippen LogP contribution in [-0.4, -0.2) is 46.4 Å². The number of hydrogen-bond acceptors (Lipinski definition) is 4. The third-order valence-electron chi connectivity index (χ3n) is 6.99. The van der Waals surface area contributed by atoms with Crippen LogP contribution >= 0.6 is 0 Å². The summed E-state index contributed by atoms with van der Waals surface area (Å²) in [5.41, 5.74) is 4.63. The fraction of sp³-hybridized carbons (Fsp3) is 0.346. The summed E-state index contributed by atoms with van der Waals surface area (Å²) in [6.07, 6.45) is 2.25. The summed E-state index contributed by atoms with van der Waals surface area (Å²) in [6.45, 7) is 2.69. The first-order valence-electron chi connectivity index (χ1n) is 11.5. The highest BCUT2D eigenvalue weighted by molar-refractivity contribution is 5.89. The molecule has 3 aliphatic rings. The van der Waals surface area contributed by atoms with E-state index < -0.39 is 0 Å². The van der Waals surface area contributed by atoms with Crippen molar-refractivity contribution in [1.82, 2.24) is 20.0 Å². The summed E-state index contributed by atoms with van der Waals surface area (Å²) >= 11 is 0. The molecule has 0 aliphatic carbocycles. The third-order valence-corrected chi connectivity index (χ3v) is 6.99. The standard InChI is InChI=1S/C26H28N6O/c1-31-25(14-24(30-31)19-7-3-2-4-8-19)23-17-32-11-10-20(23)13-22(32)16-28-26(33)29-21-9-5-6-18(12-21)15-27/h2-9,12,14,20,22-23H,10-11,13,16-17H2,1H3,(H2,28,29,33)/t20-,22+,23+/m0/s1. The number of hydrogen-bond donors (Lipinski definition) is 2. The molecule has 2 N–H and O–H groups in total. The summed E-state index contributed by atoms with van der Waals surface area (Å²) in [7, 11) is 2.05. The molecule has 6 rings (SSSR count). The molecule has 2 bridgehead atoms. The number of nitrogens with one attached hydrogen (secondary N) is 2. The van der Waals surface area contributed by atoms with Crippen LogP contribution < -0.4 is 10.6 Å². The van der Waals surface area contributed by atoms with E-state index in [1.165, 1.54) is 12.1 Å². The Balaban J connectivity index is 1.20. The molecule has 3 aromatic rings. The van der Waals surface area contributed by atoms with E-state index >= 15 is 0 Å². The maximum Gasteiger partial charge on any atom is 0.319 e. The van der Waals surface area contributed by atoms with Gasteiger partial charge in [0.25, 0.3) is 0 Å². The lowest BCUT2D eigenvalue weighted by atomic mass is 9.74. The van der Waals surface area contributed by atoms with E-state index in [0.717, 1.165) is 30.8 Å². The minimum Gasteiger partial charge on any atom is -0.336 e. The first-order chi connectivity index (χ1) is 16.1. The van der Waals surface area contributed by atoms with Crippen LogP contribution in [-0.2, 0) is 7.05 Å². The number of nitriles is 1. The van der Waals surface area contributed by atoms with Gasteiger partial charge in [-0.15, -0.1) is 0 Å². The molecular weight excluding hydrogens is 412 g/mol. The molecule has 0 saturated carbocycles. The second-order valence-electron chi connectivity index (χ2n) is 9.01. The van der Waals surface area contributed by atoms with Gasteiger partial charge in [-0.3, -0.25) is 9.58 Å². The smallest absolute Gasteiger partial charge is 0.319 e. The van der Waals surface area contributed by atoms with Crippen molar-refractivity contribution < 1.29 is 4.79 Å². The predicted molar refractivity (Wildman–Crippen MR) is 128 cm³/mol. The van der Waals surface area contributed by atoms with Gasteiger partial charge in [-0.1, -0.05) is 36.4 Å². The van der Waals surface area contributed by atoms with Gasteiger partial charge in [0.1, 0.15) is 0 Å². The van der Waals surface area contributed by atoms with Crippen molar-refractivity contribution in [3.8, 4) is 17.3 Å². The van der Waals surface area contributed by atoms with Gasteiger partial charge < -0.3 is 10.6 Å². The molecule has 1 unspecified atom stereocenters. The number of urea groups is 1. The molecule has 3 saturated heterocycles. The van der Waals surface area contributed by atoms with Crippen LogP contribution in [0.5, 0.6) is 0 Å². The maximum absolute atomic E-state index is 12.4. The molecule has 0 spiro atoms. The SMILES string of the molecule is Cn1nc(-c2ccccc2)cc1[C@@H]1CN2CC[C@H]1C[C@@H]2CNC(=O)Nc1cccc(C#N)c1. The van der Waals surface area contributed by atoms with Crippen molar-refractivity contribution in [2.24, 2.45) is 13.0 Å². The van der Waals surface area contributed by atoms with E-state index in [-0.39, 0.29) is 6.03 Å². The van der Waals surface area contributed by atoms with E-state index in [2.05, 4.69) is 39.8 Å². The van der Waals surface area contributed by atoms with Crippen LogP contribution in [0.25, 0.3) is 11.3 Å². The topological polar surface area (TPSA) is 86.0 Å². The zero-order chi connectivity index (χ0) is 22.8. The lowest BCUT2D eigenvalue weighted by molar-refractivity contribution is 0.0296. The fourth-order valence-electron chi connectivity index (χ4n) is 5.32. The molecule has 2 amide bonds. The number of benzene rings is 2. The van der Waals surface area contributed by atoms with Gasteiger partial charge in [-0.2, -0.15) is 10.4 Å². The number of piperidine rings is 3. The van der Waals surface area contributed by atoms with Crippen LogP contribution in [0.15, 0.2) is 60.7 Å². The molecule has 7 heteroatoms. The Morgan fingerprint density at radius 2 is 2.03 bits per heavy atom. The van der Waals surface area contributed by atoms with Crippen molar-refractivity contribution in [1.29, 1.82) is 5.26 Å². The number of fused-ring (bicyclic) bond motifs is 3. The van der Waals surface area contributed by atoms with Crippen molar-refractivity contribution >= 4 is 11.7 Å². The second kappa shape index (κ2) is 9.08. The number of nitrogens with zero attached hydrogens (tertiary/aromatic N) is 4. The zero-order valence-electron chi connectivity index (χ0n) is 18.7. The average Bonchev–Trinajstić information content (AvgIpc) is 3.25. The van der Waals surface area contributed by atoms with Gasteiger partial charge >= 0.3 is 6.03 Å². The second-order valence-corrected chi connectivity index (χ2v) is 9.01. The Morgan fingerprint density at radius 3 is 2.79 bits per heavy atom. The number of amides is 2. The van der Waals surface area contributed by atoms with Crippen LogP contribution in [0.1, 0.15) is 30.0 Å². The zero-order valence-corrected chi connectivity index (χ0v) is 18.7. The molecule has 33 heavy (non-hydrogen) atoms. The highest BCUT2D eigenvalue weighted by Gasteiger charge is 2.41. The number of rotatable bonds is 5. The molecule has 168 valence electrons. The van der Waals surface area contributed by atoms with Crippen molar-refractivity contribution in [3.05, 3.63) is 71.9 Å². The van der Waals surface area contributed by atoms with Gasteiger partial charge in [-0.05, 0) is 49.6 Å². The highest BCUT2D eigenvalue weighted by Crippen LogP contribution is 2.42. The molecule has 0 radical (unpaired) electrons. The van der Waals surface area contributed by atoms with E-state index in [1.54, 1.807) is 24.3 Å². The van der Waals surface area contributed by atoms with Crippen molar-refractivity contribution in [3.63, 3.8) is 0 Å². The summed E-state index contributed by atoms with van der Waals surface area (Å²) in [6, 6.07) is 21.7. The number of aryl methyl sites for hydroxylation is 1. The Kier molecular flexibility index (Phi) is 5.84. The quantitative estimate of drug-likeness (QED) is 0.629. The van der Waals surface area contributed by atoms with Crippen LogP contribution in [0, 0.1) is 17.2 Å². The third kappa shape index (κ3) is 4.48. The van der Waals surface area contributed by atoms with Crippen LogP contribution in [0.2, 0.25) is 0 Å². The molecule has 4 atom stereocenters. The lowest BCUT2D eigenvalue weighted by Crippen LogP contribution is -2.56. The van der Waals surface area contributed by atoms with Crippen molar-refractivity contribution in [2.45, 2.75) is 24.8 Å². The largest absolute Gasteiger partial charge is 0.336 e. The number of anilines is 1. The van der Waals surface area contributed by atoms with Crippen LogP contribution in [0.4, 0.5) is 10.5 Å². The minimum atomic E-state index is -0.233. The summed E-state index contributed by atoms with van der Waals surface area (Å²) in [5.74, 6) is 1.06. The maximum atomic E-state index is 12.4. The number of carbonyl (C=O) groups excluding carboxylic acids is 1. The number of aromatic nitrogens is 2. The fourth-order valence-corrected chi connectivity index (χ4v) is 5.32. The first kappa shape index (κ1) is 21.2. The van der Waals surface area contributed by atoms with Gasteiger partial charge in [-0.25, -0.2) is 4.79 Å². The van der Waals surface area contributed by atoms with Gasteiger partial charge in [0.2, 0.25) is 0 Å². The molecule has 3 fully saturated rings. The molecule has 7 nitrogen and oxygen atoms in total.